The topological polar surface area (TPSA) is 98.6 Å². The predicted octanol–water partition coefficient (Wildman–Crippen LogP) is 3.19. The van der Waals surface area contributed by atoms with Gasteiger partial charge in [-0.05, 0) is 54.5 Å². The van der Waals surface area contributed by atoms with Crippen LogP contribution in [0.4, 0.5) is 0 Å². The van der Waals surface area contributed by atoms with Crippen LogP contribution in [0.2, 0.25) is 0 Å². The molecule has 0 saturated heterocycles. The summed E-state index contributed by atoms with van der Waals surface area (Å²) < 4.78 is 7.07. The van der Waals surface area contributed by atoms with Gasteiger partial charge in [-0.1, -0.05) is 17.8 Å². The molecule has 4 aromatic rings. The summed E-state index contributed by atoms with van der Waals surface area (Å²) in [5, 5.41) is 13.3. The highest BCUT2D eigenvalue weighted by Gasteiger charge is 2.16. The number of ether oxygens (including phenoxy) is 1. The molecule has 0 aliphatic heterocycles. The summed E-state index contributed by atoms with van der Waals surface area (Å²) in [5.41, 5.74) is 2.71. The molecule has 144 valence electrons. The molecular formula is C18H18N6O2S2. The lowest BCUT2D eigenvalue weighted by atomic mass is 10.2. The van der Waals surface area contributed by atoms with E-state index in [0.29, 0.717) is 27.9 Å². The maximum absolute atomic E-state index is 12.4. The van der Waals surface area contributed by atoms with Crippen LogP contribution in [0.25, 0.3) is 15.9 Å². The Morgan fingerprint density at radius 3 is 2.89 bits per heavy atom. The van der Waals surface area contributed by atoms with E-state index in [1.807, 2.05) is 39.0 Å². The SMILES string of the molecule is COc1ccc(C)cc1-n1nnnc1SCc1nc2sc(C)c(C)c2c(=O)[nH]1. The van der Waals surface area contributed by atoms with Gasteiger partial charge in [0.15, 0.2) is 0 Å². The van der Waals surface area contributed by atoms with E-state index in [1.165, 1.54) is 23.1 Å². The fraction of sp³-hybridized carbons (Fsp3) is 0.278. The Labute approximate surface area is 169 Å². The van der Waals surface area contributed by atoms with Gasteiger partial charge in [0.2, 0.25) is 5.16 Å². The highest BCUT2D eigenvalue weighted by Crippen LogP contribution is 2.29. The highest BCUT2D eigenvalue weighted by atomic mass is 32.2. The summed E-state index contributed by atoms with van der Waals surface area (Å²) in [6.07, 6.45) is 0. The molecule has 3 heterocycles. The number of aromatic amines is 1. The average molecular weight is 415 g/mol. The number of hydrogen-bond acceptors (Lipinski definition) is 8. The lowest BCUT2D eigenvalue weighted by Gasteiger charge is -2.10. The summed E-state index contributed by atoms with van der Waals surface area (Å²) in [6, 6.07) is 5.81. The first kappa shape index (κ1) is 18.6. The molecule has 4 rings (SSSR count). The van der Waals surface area contributed by atoms with Gasteiger partial charge in [-0.25, -0.2) is 4.98 Å². The van der Waals surface area contributed by atoms with Crippen LogP contribution in [-0.2, 0) is 5.75 Å². The number of aryl methyl sites for hydroxylation is 3. The minimum Gasteiger partial charge on any atom is -0.494 e. The number of benzene rings is 1. The van der Waals surface area contributed by atoms with Crippen LogP contribution in [0.3, 0.4) is 0 Å². The van der Waals surface area contributed by atoms with Crippen LogP contribution in [0.1, 0.15) is 21.8 Å². The molecule has 0 aliphatic rings. The van der Waals surface area contributed by atoms with E-state index in [-0.39, 0.29) is 5.56 Å². The van der Waals surface area contributed by atoms with Crippen molar-refractivity contribution in [3.63, 3.8) is 0 Å². The van der Waals surface area contributed by atoms with Crippen molar-refractivity contribution in [1.29, 1.82) is 0 Å². The smallest absolute Gasteiger partial charge is 0.259 e. The zero-order valence-electron chi connectivity index (χ0n) is 15.8. The summed E-state index contributed by atoms with van der Waals surface area (Å²) in [6.45, 7) is 5.94. The molecule has 0 aliphatic carbocycles. The zero-order valence-corrected chi connectivity index (χ0v) is 17.4. The largest absolute Gasteiger partial charge is 0.494 e. The van der Waals surface area contributed by atoms with Crippen molar-refractivity contribution < 1.29 is 4.74 Å². The summed E-state index contributed by atoms with van der Waals surface area (Å²) in [4.78, 5) is 21.8. The van der Waals surface area contributed by atoms with Crippen LogP contribution in [0.5, 0.6) is 5.75 Å². The van der Waals surface area contributed by atoms with E-state index < -0.39 is 0 Å². The van der Waals surface area contributed by atoms with Gasteiger partial charge in [-0.3, -0.25) is 4.79 Å². The molecule has 0 atom stereocenters. The van der Waals surface area contributed by atoms with E-state index >= 15 is 0 Å². The number of rotatable bonds is 5. The lowest BCUT2D eigenvalue weighted by molar-refractivity contribution is 0.410. The van der Waals surface area contributed by atoms with E-state index in [0.717, 1.165) is 26.5 Å². The lowest BCUT2D eigenvalue weighted by Crippen LogP contribution is -2.11. The van der Waals surface area contributed by atoms with Gasteiger partial charge >= 0.3 is 0 Å². The number of H-pyrrole nitrogens is 1. The van der Waals surface area contributed by atoms with Crippen LogP contribution in [-0.4, -0.2) is 37.3 Å². The molecule has 0 bridgehead atoms. The molecule has 0 unspecified atom stereocenters. The number of methoxy groups -OCH3 is 1. The van der Waals surface area contributed by atoms with Gasteiger partial charge in [0, 0.05) is 4.88 Å². The summed E-state index contributed by atoms with van der Waals surface area (Å²) >= 11 is 2.93. The first-order valence-corrected chi connectivity index (χ1v) is 10.3. The molecule has 8 nitrogen and oxygen atoms in total. The number of nitrogens with zero attached hydrogens (tertiary/aromatic N) is 5. The number of tetrazole rings is 1. The third-order valence-electron chi connectivity index (χ3n) is 4.43. The maximum atomic E-state index is 12.4. The van der Waals surface area contributed by atoms with Crippen LogP contribution in [0.15, 0.2) is 28.2 Å². The van der Waals surface area contributed by atoms with Crippen molar-refractivity contribution in [1.82, 2.24) is 30.2 Å². The first-order valence-electron chi connectivity index (χ1n) is 8.53. The number of nitrogens with one attached hydrogen (secondary N) is 1. The molecule has 1 aromatic carbocycles. The van der Waals surface area contributed by atoms with Gasteiger partial charge in [-0.2, -0.15) is 4.68 Å². The van der Waals surface area contributed by atoms with Crippen LogP contribution >= 0.6 is 23.1 Å². The predicted molar refractivity (Wildman–Crippen MR) is 110 cm³/mol. The molecule has 0 saturated carbocycles. The van der Waals surface area contributed by atoms with Crippen molar-refractivity contribution >= 4 is 33.3 Å². The summed E-state index contributed by atoms with van der Waals surface area (Å²) in [7, 11) is 1.61. The van der Waals surface area contributed by atoms with Crippen molar-refractivity contribution in [3.05, 3.63) is 50.4 Å². The van der Waals surface area contributed by atoms with E-state index in [1.54, 1.807) is 11.8 Å². The molecule has 0 radical (unpaired) electrons. The Hall–Kier alpha value is -2.72. The maximum Gasteiger partial charge on any atom is 0.259 e. The summed E-state index contributed by atoms with van der Waals surface area (Å²) in [5.74, 6) is 1.71. The van der Waals surface area contributed by atoms with Crippen molar-refractivity contribution in [2.24, 2.45) is 0 Å². The van der Waals surface area contributed by atoms with Gasteiger partial charge in [0.25, 0.3) is 5.56 Å². The molecule has 0 fully saturated rings. The molecule has 1 N–H and O–H groups in total. The molecule has 0 amide bonds. The second kappa shape index (κ2) is 7.36. The second-order valence-electron chi connectivity index (χ2n) is 6.31. The Kier molecular flexibility index (Phi) is 4.90. The van der Waals surface area contributed by atoms with E-state index in [9.17, 15) is 4.79 Å². The number of thioether (sulfide) groups is 1. The minimum atomic E-state index is -0.109. The number of hydrogen-bond donors (Lipinski definition) is 1. The van der Waals surface area contributed by atoms with Gasteiger partial charge in [0.1, 0.15) is 22.1 Å². The van der Waals surface area contributed by atoms with Gasteiger partial charge in [0.05, 0.1) is 18.2 Å². The quantitative estimate of drug-likeness (QED) is 0.501. The molecule has 0 spiro atoms. The Bertz CT molecular complexity index is 1230. The molecule has 3 aromatic heterocycles. The first-order chi connectivity index (χ1) is 13.5. The standard InChI is InChI=1S/C18H18N6O2S2/c1-9-5-6-13(26-4)12(7-9)24-18(21-22-23-24)27-8-14-19-16(25)15-10(2)11(3)28-17(15)20-14/h5-7H,8H2,1-4H3,(H,19,20,25). The fourth-order valence-corrected chi connectivity index (χ4v) is 4.69. The normalized spacial score (nSPS) is 11.3. The molecule has 10 heteroatoms. The van der Waals surface area contributed by atoms with E-state index in [4.69, 9.17) is 4.74 Å². The number of thiophene rings is 1. The molecule has 28 heavy (non-hydrogen) atoms. The van der Waals surface area contributed by atoms with Crippen LogP contribution in [0, 0.1) is 20.8 Å². The second-order valence-corrected chi connectivity index (χ2v) is 8.46. The Morgan fingerprint density at radius 2 is 2.11 bits per heavy atom. The Balaban J connectivity index is 1.64. The van der Waals surface area contributed by atoms with Crippen LogP contribution < -0.4 is 10.3 Å². The van der Waals surface area contributed by atoms with Gasteiger partial charge in [-0.15, -0.1) is 16.4 Å². The third kappa shape index (κ3) is 3.29. The fourth-order valence-electron chi connectivity index (χ4n) is 2.89. The minimum absolute atomic E-state index is 0.109. The Morgan fingerprint density at radius 1 is 1.29 bits per heavy atom. The van der Waals surface area contributed by atoms with Crippen molar-refractivity contribution in [2.45, 2.75) is 31.7 Å². The monoisotopic (exact) mass is 414 g/mol. The third-order valence-corrected chi connectivity index (χ3v) is 6.46. The van der Waals surface area contributed by atoms with Gasteiger partial charge < -0.3 is 9.72 Å². The zero-order chi connectivity index (χ0) is 19.8. The van der Waals surface area contributed by atoms with E-state index in [2.05, 4.69) is 25.5 Å². The van der Waals surface area contributed by atoms with Crippen molar-refractivity contribution in [2.75, 3.05) is 7.11 Å². The van der Waals surface area contributed by atoms with Crippen molar-refractivity contribution in [3.8, 4) is 11.4 Å². The average Bonchev–Trinajstić information content (AvgIpc) is 3.24. The number of aromatic nitrogens is 6. The number of fused-ring (bicyclic) bond motifs is 1. The molecular weight excluding hydrogens is 396 g/mol. The highest BCUT2D eigenvalue weighted by molar-refractivity contribution is 7.98.